The minimum atomic E-state index is -0.609. The molecule has 2 rings (SSSR count). The van der Waals surface area contributed by atoms with Crippen LogP contribution in [0, 0.1) is 5.82 Å². The van der Waals surface area contributed by atoms with Gasteiger partial charge in [0.15, 0.2) is 0 Å². The zero-order chi connectivity index (χ0) is 15.0. The van der Waals surface area contributed by atoms with E-state index in [1.165, 1.54) is 28.0 Å². The molecule has 2 amide bonds. The summed E-state index contributed by atoms with van der Waals surface area (Å²) in [6.07, 6.45) is 0. The van der Waals surface area contributed by atoms with Crippen molar-refractivity contribution in [2.45, 2.75) is 32.5 Å². The van der Waals surface area contributed by atoms with Crippen LogP contribution >= 0.6 is 11.6 Å². The zero-order valence-corrected chi connectivity index (χ0v) is 12.3. The number of carbonyl (C=O) groups excluding carboxylic acids is 2. The molecule has 0 N–H and O–H groups in total. The molecule has 0 spiro atoms. The van der Waals surface area contributed by atoms with Gasteiger partial charge in [-0.25, -0.2) is 4.39 Å². The third kappa shape index (κ3) is 2.50. The summed E-state index contributed by atoms with van der Waals surface area (Å²) in [5.74, 6) is -0.785. The van der Waals surface area contributed by atoms with E-state index in [1.807, 2.05) is 0 Å². The number of nitrogens with zero attached hydrogens (tertiary/aromatic N) is 2. The molecule has 2 atom stereocenters. The van der Waals surface area contributed by atoms with E-state index < -0.39 is 17.9 Å². The van der Waals surface area contributed by atoms with E-state index in [0.29, 0.717) is 10.6 Å². The lowest BCUT2D eigenvalue weighted by Crippen LogP contribution is -2.61. The van der Waals surface area contributed by atoms with Gasteiger partial charge in [-0.05, 0) is 32.0 Å². The summed E-state index contributed by atoms with van der Waals surface area (Å²) in [6, 6.07) is 3.03. The summed E-state index contributed by atoms with van der Waals surface area (Å²) in [7, 11) is 1.60. The molecule has 0 bridgehead atoms. The van der Waals surface area contributed by atoms with E-state index in [-0.39, 0.29) is 18.4 Å². The molecule has 4 nitrogen and oxygen atoms in total. The van der Waals surface area contributed by atoms with Gasteiger partial charge in [-0.3, -0.25) is 9.59 Å². The highest BCUT2D eigenvalue weighted by atomic mass is 35.5. The van der Waals surface area contributed by atoms with Crippen LogP contribution in [0.15, 0.2) is 18.2 Å². The molecule has 0 saturated carbocycles. The Labute approximate surface area is 122 Å². The molecule has 1 fully saturated rings. The van der Waals surface area contributed by atoms with Gasteiger partial charge in [0.2, 0.25) is 11.8 Å². The molecule has 20 heavy (non-hydrogen) atoms. The fourth-order valence-corrected chi connectivity index (χ4v) is 2.47. The number of benzene rings is 1. The predicted octanol–water partition coefficient (Wildman–Crippen LogP) is 2.06. The second-order valence-electron chi connectivity index (χ2n) is 5.00. The van der Waals surface area contributed by atoms with Crippen molar-refractivity contribution in [3.8, 4) is 0 Å². The Balaban J connectivity index is 2.29. The van der Waals surface area contributed by atoms with E-state index in [9.17, 15) is 14.0 Å². The minimum Gasteiger partial charge on any atom is -0.332 e. The summed E-state index contributed by atoms with van der Waals surface area (Å²) >= 11 is 5.84. The molecule has 0 aliphatic carbocycles. The quantitative estimate of drug-likeness (QED) is 0.838. The van der Waals surface area contributed by atoms with Crippen LogP contribution in [0.4, 0.5) is 4.39 Å². The fourth-order valence-electron chi connectivity index (χ4n) is 2.28. The van der Waals surface area contributed by atoms with Gasteiger partial charge in [0.05, 0.1) is 0 Å². The molecule has 1 aromatic carbocycles. The molecular formula is C14H16ClFN2O2. The van der Waals surface area contributed by atoms with E-state index in [1.54, 1.807) is 20.9 Å². The maximum absolute atomic E-state index is 13.8. The number of piperazine rings is 1. The second kappa shape index (κ2) is 5.40. The van der Waals surface area contributed by atoms with E-state index in [0.717, 1.165) is 0 Å². The van der Waals surface area contributed by atoms with Gasteiger partial charge < -0.3 is 9.80 Å². The Morgan fingerprint density at radius 3 is 2.50 bits per heavy atom. The summed E-state index contributed by atoms with van der Waals surface area (Å²) in [5.41, 5.74) is 0.308. The van der Waals surface area contributed by atoms with Crippen molar-refractivity contribution in [1.29, 1.82) is 0 Å². The number of hydrogen-bond acceptors (Lipinski definition) is 2. The number of halogens is 2. The summed E-state index contributed by atoms with van der Waals surface area (Å²) < 4.78 is 13.8. The number of rotatable bonds is 2. The van der Waals surface area contributed by atoms with Gasteiger partial charge in [0.1, 0.15) is 17.9 Å². The third-order valence-corrected chi connectivity index (χ3v) is 3.98. The molecule has 0 unspecified atom stereocenters. The maximum atomic E-state index is 13.8. The third-order valence-electron chi connectivity index (χ3n) is 3.74. The number of amides is 2. The first-order valence-corrected chi connectivity index (χ1v) is 6.71. The van der Waals surface area contributed by atoms with Gasteiger partial charge >= 0.3 is 0 Å². The second-order valence-corrected chi connectivity index (χ2v) is 5.44. The molecule has 0 radical (unpaired) electrons. The minimum absolute atomic E-state index is 0.0380. The molecule has 1 saturated heterocycles. The van der Waals surface area contributed by atoms with Crippen molar-refractivity contribution in [2.75, 3.05) is 7.05 Å². The lowest BCUT2D eigenvalue weighted by Gasteiger charge is -2.41. The Morgan fingerprint density at radius 1 is 1.20 bits per heavy atom. The first kappa shape index (κ1) is 14.8. The van der Waals surface area contributed by atoms with Crippen molar-refractivity contribution >= 4 is 23.4 Å². The van der Waals surface area contributed by atoms with Crippen LogP contribution in [-0.2, 0) is 16.1 Å². The predicted molar refractivity (Wildman–Crippen MR) is 73.7 cm³/mol. The molecule has 1 aliphatic heterocycles. The summed E-state index contributed by atoms with van der Waals surface area (Å²) in [4.78, 5) is 27.1. The van der Waals surface area contributed by atoms with Crippen molar-refractivity contribution in [3.63, 3.8) is 0 Å². The largest absolute Gasteiger partial charge is 0.332 e. The van der Waals surface area contributed by atoms with Crippen LogP contribution in [0.1, 0.15) is 19.4 Å². The van der Waals surface area contributed by atoms with Crippen LogP contribution in [0.2, 0.25) is 5.02 Å². The molecule has 1 heterocycles. The van der Waals surface area contributed by atoms with Gasteiger partial charge in [-0.2, -0.15) is 0 Å². The van der Waals surface area contributed by atoms with Gasteiger partial charge in [-0.15, -0.1) is 0 Å². The van der Waals surface area contributed by atoms with Crippen LogP contribution in [0.5, 0.6) is 0 Å². The molecule has 0 aromatic heterocycles. The first-order chi connectivity index (χ1) is 9.32. The van der Waals surface area contributed by atoms with Crippen LogP contribution in [-0.4, -0.2) is 40.7 Å². The van der Waals surface area contributed by atoms with E-state index in [2.05, 4.69) is 0 Å². The molecule has 6 heteroatoms. The van der Waals surface area contributed by atoms with E-state index >= 15 is 0 Å². The highest BCUT2D eigenvalue weighted by molar-refractivity contribution is 6.30. The number of likely N-dealkylation sites (N-methyl/N-ethyl adjacent to an activating group) is 1. The Morgan fingerprint density at radius 2 is 1.85 bits per heavy atom. The Bertz CT molecular complexity index is 564. The average Bonchev–Trinajstić information content (AvgIpc) is 2.43. The zero-order valence-electron chi connectivity index (χ0n) is 11.6. The molecular weight excluding hydrogens is 283 g/mol. The van der Waals surface area contributed by atoms with Crippen molar-refractivity contribution in [3.05, 3.63) is 34.6 Å². The van der Waals surface area contributed by atoms with E-state index in [4.69, 9.17) is 11.6 Å². The fraction of sp³-hybridized carbons (Fsp3) is 0.429. The van der Waals surface area contributed by atoms with Crippen LogP contribution in [0.25, 0.3) is 0 Å². The smallest absolute Gasteiger partial charge is 0.246 e. The van der Waals surface area contributed by atoms with Crippen molar-refractivity contribution in [2.24, 2.45) is 0 Å². The SMILES string of the molecule is C[C@H]1C(=O)N(Cc2cc(Cl)ccc2F)[C@@H](C)C(=O)N1C. The molecule has 1 aromatic rings. The van der Waals surface area contributed by atoms with Gasteiger partial charge in [0, 0.05) is 24.2 Å². The number of carbonyl (C=O) groups is 2. The maximum Gasteiger partial charge on any atom is 0.246 e. The lowest BCUT2D eigenvalue weighted by molar-refractivity contribution is -0.159. The summed E-state index contributed by atoms with van der Waals surface area (Å²) in [6.45, 7) is 3.34. The van der Waals surface area contributed by atoms with Gasteiger partial charge in [-0.1, -0.05) is 11.6 Å². The first-order valence-electron chi connectivity index (χ1n) is 6.34. The highest BCUT2D eigenvalue weighted by Gasteiger charge is 2.39. The average molecular weight is 299 g/mol. The summed E-state index contributed by atoms with van der Waals surface area (Å²) in [5, 5.41) is 0.398. The highest BCUT2D eigenvalue weighted by Crippen LogP contribution is 2.22. The van der Waals surface area contributed by atoms with Gasteiger partial charge in [0.25, 0.3) is 0 Å². The Kier molecular flexibility index (Phi) is 3.99. The topological polar surface area (TPSA) is 40.6 Å². The molecule has 108 valence electrons. The van der Waals surface area contributed by atoms with Crippen LogP contribution in [0.3, 0.4) is 0 Å². The molecule has 1 aliphatic rings. The Hall–Kier alpha value is -1.62. The standard InChI is InChI=1S/C14H16ClFN2O2/c1-8-14(20)18(9(2)13(19)17(8)3)7-10-6-11(15)4-5-12(10)16/h4-6,8-9H,7H2,1-3H3/t8-,9-/m0/s1. The number of hydrogen-bond donors (Lipinski definition) is 0. The van der Waals surface area contributed by atoms with Crippen molar-refractivity contribution in [1.82, 2.24) is 9.80 Å². The van der Waals surface area contributed by atoms with Crippen LogP contribution < -0.4 is 0 Å². The monoisotopic (exact) mass is 298 g/mol. The normalized spacial score (nSPS) is 23.4. The van der Waals surface area contributed by atoms with Crippen molar-refractivity contribution < 1.29 is 14.0 Å². The lowest BCUT2D eigenvalue weighted by atomic mass is 10.1.